The molecule has 0 atom stereocenters. The van der Waals surface area contributed by atoms with Gasteiger partial charge in [-0.2, -0.15) is 0 Å². The van der Waals surface area contributed by atoms with E-state index in [1.165, 1.54) is 0 Å². The predicted molar refractivity (Wildman–Crippen MR) is 78.9 cm³/mol. The van der Waals surface area contributed by atoms with Crippen molar-refractivity contribution in [1.82, 2.24) is 9.55 Å². The smallest absolute Gasteiger partial charge is 0.130 e. The first-order chi connectivity index (χ1) is 9.24. The van der Waals surface area contributed by atoms with Gasteiger partial charge in [0, 0.05) is 17.6 Å². The fourth-order valence-electron chi connectivity index (χ4n) is 1.87. The SMILES string of the molecule is CCCn1cncc1COc1ccc(Br)c(CN)c1. The topological polar surface area (TPSA) is 53.1 Å². The van der Waals surface area contributed by atoms with Gasteiger partial charge in [-0.25, -0.2) is 4.98 Å². The summed E-state index contributed by atoms with van der Waals surface area (Å²) in [7, 11) is 0. The van der Waals surface area contributed by atoms with E-state index in [-0.39, 0.29) is 0 Å². The average Bonchev–Trinajstić information content (AvgIpc) is 2.86. The Labute approximate surface area is 121 Å². The molecule has 0 amide bonds. The number of imidazole rings is 1. The van der Waals surface area contributed by atoms with Crippen molar-refractivity contribution in [1.29, 1.82) is 0 Å². The van der Waals surface area contributed by atoms with Crippen LogP contribution in [0.1, 0.15) is 24.6 Å². The van der Waals surface area contributed by atoms with Gasteiger partial charge in [0.15, 0.2) is 0 Å². The van der Waals surface area contributed by atoms with E-state index >= 15 is 0 Å². The van der Waals surface area contributed by atoms with Crippen molar-refractivity contribution >= 4 is 15.9 Å². The van der Waals surface area contributed by atoms with Crippen molar-refractivity contribution in [2.24, 2.45) is 5.73 Å². The minimum absolute atomic E-state index is 0.492. The Balaban J connectivity index is 2.04. The number of benzene rings is 1. The Kier molecular flexibility index (Phi) is 4.99. The van der Waals surface area contributed by atoms with Crippen LogP contribution in [0.4, 0.5) is 0 Å². The molecule has 4 nitrogen and oxygen atoms in total. The first-order valence-electron chi connectivity index (χ1n) is 6.35. The Morgan fingerprint density at radius 1 is 1.42 bits per heavy atom. The second kappa shape index (κ2) is 6.73. The summed E-state index contributed by atoms with van der Waals surface area (Å²) in [6.07, 6.45) is 4.77. The van der Waals surface area contributed by atoms with Crippen LogP contribution < -0.4 is 10.5 Å². The van der Waals surface area contributed by atoms with Crippen LogP contribution in [0, 0.1) is 0 Å². The molecule has 0 radical (unpaired) electrons. The monoisotopic (exact) mass is 323 g/mol. The molecule has 0 spiro atoms. The first-order valence-corrected chi connectivity index (χ1v) is 7.14. The standard InChI is InChI=1S/C14H18BrN3O/c1-2-5-18-10-17-8-12(18)9-19-13-3-4-14(15)11(6-13)7-16/h3-4,6,8,10H,2,5,7,9,16H2,1H3. The highest BCUT2D eigenvalue weighted by Gasteiger charge is 2.04. The second-order valence-electron chi connectivity index (χ2n) is 4.32. The molecule has 1 aromatic heterocycles. The van der Waals surface area contributed by atoms with Gasteiger partial charge >= 0.3 is 0 Å². The zero-order valence-electron chi connectivity index (χ0n) is 11.0. The molecule has 5 heteroatoms. The van der Waals surface area contributed by atoms with E-state index in [2.05, 4.69) is 32.4 Å². The number of rotatable bonds is 6. The number of ether oxygens (including phenoxy) is 1. The largest absolute Gasteiger partial charge is 0.487 e. The zero-order valence-corrected chi connectivity index (χ0v) is 12.6. The summed E-state index contributed by atoms with van der Waals surface area (Å²) < 4.78 is 8.92. The van der Waals surface area contributed by atoms with Crippen LogP contribution in [-0.4, -0.2) is 9.55 Å². The van der Waals surface area contributed by atoms with Crippen LogP contribution in [0.5, 0.6) is 5.75 Å². The third-order valence-electron chi connectivity index (χ3n) is 2.89. The second-order valence-corrected chi connectivity index (χ2v) is 5.18. The lowest BCUT2D eigenvalue weighted by Crippen LogP contribution is -2.05. The maximum absolute atomic E-state index is 5.80. The summed E-state index contributed by atoms with van der Waals surface area (Å²) in [5.74, 6) is 0.827. The molecular formula is C14H18BrN3O. The number of halogens is 1. The number of aromatic nitrogens is 2. The van der Waals surface area contributed by atoms with Crippen LogP contribution in [0.2, 0.25) is 0 Å². The highest BCUT2D eigenvalue weighted by Crippen LogP contribution is 2.22. The first kappa shape index (κ1) is 14.1. The van der Waals surface area contributed by atoms with Crippen molar-refractivity contribution in [2.45, 2.75) is 33.0 Å². The lowest BCUT2D eigenvalue weighted by atomic mass is 10.2. The summed E-state index contributed by atoms with van der Waals surface area (Å²) in [5, 5.41) is 0. The molecule has 2 aromatic rings. The number of hydrogen-bond donors (Lipinski definition) is 1. The van der Waals surface area contributed by atoms with Crippen LogP contribution in [-0.2, 0) is 19.7 Å². The van der Waals surface area contributed by atoms with E-state index in [0.717, 1.165) is 34.4 Å². The van der Waals surface area contributed by atoms with Crippen molar-refractivity contribution in [3.63, 3.8) is 0 Å². The maximum Gasteiger partial charge on any atom is 0.130 e. The summed E-state index contributed by atoms with van der Waals surface area (Å²) >= 11 is 3.46. The normalized spacial score (nSPS) is 10.7. The Morgan fingerprint density at radius 3 is 3.00 bits per heavy atom. The molecule has 0 unspecified atom stereocenters. The van der Waals surface area contributed by atoms with Gasteiger partial charge in [-0.15, -0.1) is 0 Å². The summed E-state index contributed by atoms with van der Waals surface area (Å²) in [4.78, 5) is 4.16. The Bertz CT molecular complexity index is 539. The Hall–Kier alpha value is -1.33. The minimum atomic E-state index is 0.492. The van der Waals surface area contributed by atoms with E-state index in [4.69, 9.17) is 10.5 Å². The van der Waals surface area contributed by atoms with Gasteiger partial charge in [0.05, 0.1) is 18.2 Å². The molecule has 19 heavy (non-hydrogen) atoms. The zero-order chi connectivity index (χ0) is 13.7. The third-order valence-corrected chi connectivity index (χ3v) is 3.66. The van der Waals surface area contributed by atoms with Gasteiger partial charge in [0.1, 0.15) is 12.4 Å². The molecule has 0 saturated heterocycles. The molecule has 0 aliphatic rings. The van der Waals surface area contributed by atoms with E-state index in [1.807, 2.05) is 30.7 Å². The van der Waals surface area contributed by atoms with Crippen LogP contribution in [0.25, 0.3) is 0 Å². The molecule has 0 aliphatic carbocycles. The lowest BCUT2D eigenvalue weighted by Gasteiger charge is -2.10. The van der Waals surface area contributed by atoms with E-state index in [1.54, 1.807) is 0 Å². The lowest BCUT2D eigenvalue weighted by molar-refractivity contribution is 0.294. The molecule has 1 aromatic carbocycles. The van der Waals surface area contributed by atoms with Gasteiger partial charge in [0.2, 0.25) is 0 Å². The van der Waals surface area contributed by atoms with Crippen LogP contribution in [0.3, 0.4) is 0 Å². The molecule has 0 saturated carbocycles. The minimum Gasteiger partial charge on any atom is -0.487 e. The van der Waals surface area contributed by atoms with Crippen molar-refractivity contribution in [3.8, 4) is 5.75 Å². The molecular weight excluding hydrogens is 306 g/mol. The van der Waals surface area contributed by atoms with E-state index in [9.17, 15) is 0 Å². The van der Waals surface area contributed by atoms with E-state index in [0.29, 0.717) is 13.2 Å². The molecule has 2 N–H and O–H groups in total. The average molecular weight is 324 g/mol. The fourth-order valence-corrected chi connectivity index (χ4v) is 2.27. The molecule has 2 rings (SSSR count). The van der Waals surface area contributed by atoms with Gasteiger partial charge in [-0.1, -0.05) is 22.9 Å². The van der Waals surface area contributed by atoms with Gasteiger partial charge < -0.3 is 15.0 Å². The van der Waals surface area contributed by atoms with Gasteiger partial charge in [0.25, 0.3) is 0 Å². The van der Waals surface area contributed by atoms with Crippen molar-refractivity contribution < 1.29 is 4.74 Å². The highest BCUT2D eigenvalue weighted by atomic mass is 79.9. The summed E-state index contributed by atoms with van der Waals surface area (Å²) in [6.45, 7) is 4.12. The summed E-state index contributed by atoms with van der Waals surface area (Å²) in [6, 6.07) is 5.86. The maximum atomic E-state index is 5.80. The molecule has 0 aliphatic heterocycles. The van der Waals surface area contributed by atoms with Gasteiger partial charge in [-0.05, 0) is 30.2 Å². The van der Waals surface area contributed by atoms with Crippen molar-refractivity contribution in [2.75, 3.05) is 0 Å². The number of nitrogens with zero attached hydrogens (tertiary/aromatic N) is 2. The molecule has 0 fully saturated rings. The Morgan fingerprint density at radius 2 is 2.26 bits per heavy atom. The quantitative estimate of drug-likeness (QED) is 0.888. The fraction of sp³-hybridized carbons (Fsp3) is 0.357. The van der Waals surface area contributed by atoms with Crippen molar-refractivity contribution in [3.05, 3.63) is 46.5 Å². The van der Waals surface area contributed by atoms with Crippen LogP contribution >= 0.6 is 15.9 Å². The molecule has 1 heterocycles. The van der Waals surface area contributed by atoms with Crippen LogP contribution in [0.15, 0.2) is 35.2 Å². The number of aryl methyl sites for hydroxylation is 1. The highest BCUT2D eigenvalue weighted by molar-refractivity contribution is 9.10. The predicted octanol–water partition coefficient (Wildman–Crippen LogP) is 3.09. The molecule has 102 valence electrons. The summed E-state index contributed by atoms with van der Waals surface area (Å²) in [5.41, 5.74) is 7.80. The number of nitrogens with two attached hydrogens (primary N) is 1. The van der Waals surface area contributed by atoms with Gasteiger partial charge in [-0.3, -0.25) is 0 Å². The molecule has 0 bridgehead atoms. The third kappa shape index (κ3) is 3.58. The number of hydrogen-bond acceptors (Lipinski definition) is 3. The van der Waals surface area contributed by atoms with E-state index < -0.39 is 0 Å².